The third-order valence-corrected chi connectivity index (χ3v) is 7.92. The first-order valence-electron chi connectivity index (χ1n) is 12.5. The molecule has 2 aliphatic heterocycles. The van der Waals surface area contributed by atoms with Crippen LogP contribution in [0, 0.1) is 5.41 Å². The van der Waals surface area contributed by atoms with E-state index in [9.17, 15) is 4.79 Å². The lowest BCUT2D eigenvalue weighted by Gasteiger charge is -2.52. The summed E-state index contributed by atoms with van der Waals surface area (Å²) in [7, 11) is 0. The summed E-state index contributed by atoms with van der Waals surface area (Å²) in [5.74, 6) is 0.196. The van der Waals surface area contributed by atoms with Gasteiger partial charge in [-0.3, -0.25) is 14.7 Å². The van der Waals surface area contributed by atoms with Crippen molar-refractivity contribution >= 4 is 29.1 Å². The molecule has 1 aromatic heterocycles. The van der Waals surface area contributed by atoms with Crippen LogP contribution >= 0.6 is 23.2 Å². The maximum atomic E-state index is 14.3. The zero-order valence-corrected chi connectivity index (χ0v) is 22.1. The van der Waals surface area contributed by atoms with Crippen molar-refractivity contribution < 1.29 is 9.53 Å². The molecule has 2 fully saturated rings. The third-order valence-electron chi connectivity index (χ3n) is 7.46. The van der Waals surface area contributed by atoms with Gasteiger partial charge in [0.25, 0.3) is 0 Å². The van der Waals surface area contributed by atoms with Crippen LogP contribution in [0.5, 0.6) is 0 Å². The summed E-state index contributed by atoms with van der Waals surface area (Å²) >= 11 is 12.7. The average Bonchev–Trinajstić information content (AvgIpc) is 2.86. The molecule has 3 heterocycles. The number of allylic oxidation sites excluding steroid dienone is 1. The van der Waals surface area contributed by atoms with Crippen molar-refractivity contribution in [3.8, 4) is 0 Å². The normalized spacial score (nSPS) is 26.5. The predicted octanol–water partition coefficient (Wildman–Crippen LogP) is 6.14. The van der Waals surface area contributed by atoms with E-state index in [0.29, 0.717) is 22.9 Å². The Balaban J connectivity index is 1.83. The number of pyridine rings is 1. The molecule has 7 heteroatoms. The van der Waals surface area contributed by atoms with Gasteiger partial charge in [0.1, 0.15) is 0 Å². The molecule has 1 aromatic carbocycles. The van der Waals surface area contributed by atoms with Crippen LogP contribution in [-0.4, -0.2) is 59.6 Å². The van der Waals surface area contributed by atoms with Crippen LogP contribution in [0.25, 0.3) is 0 Å². The van der Waals surface area contributed by atoms with Gasteiger partial charge in [-0.05, 0) is 49.1 Å². The number of likely N-dealkylation sites (tertiary alicyclic amines) is 1. The Kier molecular flexibility index (Phi) is 8.54. The fourth-order valence-corrected chi connectivity index (χ4v) is 5.95. The molecule has 0 spiro atoms. The number of hydrogen-bond donors (Lipinski definition) is 0. The fraction of sp³-hybridized carbons (Fsp3) is 0.500. The molecule has 35 heavy (non-hydrogen) atoms. The molecule has 2 saturated heterocycles. The second kappa shape index (κ2) is 11.4. The van der Waals surface area contributed by atoms with E-state index in [2.05, 4.69) is 36.3 Å². The Bertz CT molecular complexity index is 1030. The first kappa shape index (κ1) is 26.2. The van der Waals surface area contributed by atoms with Gasteiger partial charge in [0, 0.05) is 42.8 Å². The zero-order chi connectivity index (χ0) is 25.0. The van der Waals surface area contributed by atoms with Gasteiger partial charge in [-0.25, -0.2) is 0 Å². The predicted molar refractivity (Wildman–Crippen MR) is 142 cm³/mol. The van der Waals surface area contributed by atoms with E-state index in [-0.39, 0.29) is 23.9 Å². The van der Waals surface area contributed by atoms with Gasteiger partial charge in [0.05, 0.1) is 35.4 Å². The topological polar surface area (TPSA) is 45.7 Å². The van der Waals surface area contributed by atoms with E-state index in [0.717, 1.165) is 50.5 Å². The molecule has 4 rings (SSSR count). The molecular formula is C28H35Cl2N3O2. The maximum absolute atomic E-state index is 14.3. The molecule has 0 bridgehead atoms. The average molecular weight is 517 g/mol. The van der Waals surface area contributed by atoms with Crippen LogP contribution in [0.4, 0.5) is 0 Å². The quantitative estimate of drug-likeness (QED) is 0.396. The first-order valence-corrected chi connectivity index (χ1v) is 13.2. The van der Waals surface area contributed by atoms with Crippen LogP contribution < -0.4 is 0 Å². The molecule has 0 unspecified atom stereocenters. The smallest absolute Gasteiger partial charge is 0.229 e. The number of amides is 1. The summed E-state index contributed by atoms with van der Waals surface area (Å²) in [4.78, 5) is 23.6. The Hall–Kier alpha value is -1.92. The van der Waals surface area contributed by atoms with E-state index in [4.69, 9.17) is 32.9 Å². The molecule has 2 aliphatic rings. The lowest BCUT2D eigenvalue weighted by molar-refractivity contribution is -0.155. The number of hydrogen-bond acceptors (Lipinski definition) is 4. The van der Waals surface area contributed by atoms with E-state index in [1.807, 2.05) is 36.4 Å². The Morgan fingerprint density at radius 1 is 1.23 bits per heavy atom. The molecule has 0 N–H and O–H groups in total. The van der Waals surface area contributed by atoms with Crippen molar-refractivity contribution in [2.75, 3.05) is 32.8 Å². The number of morpholine rings is 1. The van der Waals surface area contributed by atoms with Gasteiger partial charge >= 0.3 is 0 Å². The number of piperidine rings is 1. The SMILES string of the molecule is C=CC[C@@]1(C)C[C@H](c2cccc(Cl)c2)[C@@H](c2ccc(Cl)cn2)N([C@@H](CC)CN2CCOCC2)C1=O. The van der Waals surface area contributed by atoms with Crippen LogP contribution in [0.1, 0.15) is 56.3 Å². The highest BCUT2D eigenvalue weighted by atomic mass is 35.5. The Morgan fingerprint density at radius 3 is 2.63 bits per heavy atom. The molecule has 188 valence electrons. The van der Waals surface area contributed by atoms with Gasteiger partial charge < -0.3 is 9.64 Å². The van der Waals surface area contributed by atoms with Crippen LogP contribution in [0.15, 0.2) is 55.3 Å². The van der Waals surface area contributed by atoms with Crippen molar-refractivity contribution in [2.24, 2.45) is 5.41 Å². The number of nitrogens with zero attached hydrogens (tertiary/aromatic N) is 3. The molecule has 0 radical (unpaired) electrons. The summed E-state index contributed by atoms with van der Waals surface area (Å²) in [5.41, 5.74) is 1.41. The van der Waals surface area contributed by atoms with Gasteiger partial charge in [0.2, 0.25) is 5.91 Å². The molecular weight excluding hydrogens is 481 g/mol. The van der Waals surface area contributed by atoms with Crippen molar-refractivity contribution in [1.29, 1.82) is 0 Å². The number of aromatic nitrogens is 1. The van der Waals surface area contributed by atoms with Gasteiger partial charge in [-0.1, -0.05) is 55.3 Å². The highest BCUT2D eigenvalue weighted by Gasteiger charge is 2.51. The minimum atomic E-state index is -0.559. The highest BCUT2D eigenvalue weighted by Crippen LogP contribution is 2.52. The molecule has 4 atom stereocenters. The lowest BCUT2D eigenvalue weighted by atomic mass is 9.67. The van der Waals surface area contributed by atoms with Crippen molar-refractivity contribution in [3.05, 3.63) is 76.6 Å². The number of halogens is 2. The first-order chi connectivity index (χ1) is 16.9. The molecule has 5 nitrogen and oxygen atoms in total. The summed E-state index contributed by atoms with van der Waals surface area (Å²) < 4.78 is 5.57. The molecule has 0 aliphatic carbocycles. The minimum Gasteiger partial charge on any atom is -0.379 e. The summed E-state index contributed by atoms with van der Waals surface area (Å²) in [6, 6.07) is 11.7. The van der Waals surface area contributed by atoms with Crippen LogP contribution in [0.2, 0.25) is 10.0 Å². The Morgan fingerprint density at radius 2 is 2.00 bits per heavy atom. The maximum Gasteiger partial charge on any atom is 0.229 e. The summed E-state index contributed by atoms with van der Waals surface area (Å²) in [5, 5.41) is 1.28. The van der Waals surface area contributed by atoms with Gasteiger partial charge in [0.15, 0.2) is 0 Å². The fourth-order valence-electron chi connectivity index (χ4n) is 5.64. The van der Waals surface area contributed by atoms with E-state index in [1.165, 1.54) is 0 Å². The van der Waals surface area contributed by atoms with Crippen molar-refractivity contribution in [1.82, 2.24) is 14.8 Å². The number of benzene rings is 1. The van der Waals surface area contributed by atoms with E-state index >= 15 is 0 Å². The minimum absolute atomic E-state index is 0.0313. The van der Waals surface area contributed by atoms with Gasteiger partial charge in [-0.2, -0.15) is 0 Å². The second-order valence-electron chi connectivity index (χ2n) is 9.95. The monoisotopic (exact) mass is 515 g/mol. The zero-order valence-electron chi connectivity index (χ0n) is 20.6. The Labute approximate surface area is 219 Å². The second-order valence-corrected chi connectivity index (χ2v) is 10.8. The number of ether oxygens (including phenoxy) is 1. The summed E-state index contributed by atoms with van der Waals surface area (Å²) in [6.45, 7) is 12.2. The van der Waals surface area contributed by atoms with Crippen LogP contribution in [-0.2, 0) is 9.53 Å². The molecule has 0 saturated carbocycles. The van der Waals surface area contributed by atoms with Crippen molar-refractivity contribution in [2.45, 2.75) is 51.1 Å². The molecule has 2 aromatic rings. The highest BCUT2D eigenvalue weighted by molar-refractivity contribution is 6.30. The number of carbonyl (C=O) groups is 1. The van der Waals surface area contributed by atoms with E-state index in [1.54, 1.807) is 6.20 Å². The van der Waals surface area contributed by atoms with Crippen LogP contribution in [0.3, 0.4) is 0 Å². The van der Waals surface area contributed by atoms with Crippen molar-refractivity contribution in [3.63, 3.8) is 0 Å². The third kappa shape index (κ3) is 5.75. The largest absolute Gasteiger partial charge is 0.379 e. The standard InChI is InChI=1S/C28H35Cl2N3O2/c1-4-11-28(3)17-24(20-7-6-8-21(29)16-20)26(25-10-9-22(30)18-31-25)33(27(28)34)23(5-2)19-32-12-14-35-15-13-32/h4,6-10,16,18,23-24,26H,1,5,11-15,17,19H2,2-3H3/t23-,24+,26-,28-/m0/s1. The molecule has 1 amide bonds. The van der Waals surface area contributed by atoms with E-state index < -0.39 is 5.41 Å². The lowest BCUT2D eigenvalue weighted by Crippen LogP contribution is -2.58. The number of rotatable bonds is 8. The number of carbonyl (C=O) groups excluding carboxylic acids is 1. The van der Waals surface area contributed by atoms with Gasteiger partial charge in [-0.15, -0.1) is 6.58 Å². The summed E-state index contributed by atoms with van der Waals surface area (Å²) in [6.07, 6.45) is 5.70.